The van der Waals surface area contributed by atoms with E-state index < -0.39 is 10.0 Å². The predicted octanol–water partition coefficient (Wildman–Crippen LogP) is 3.35. The quantitative estimate of drug-likeness (QED) is 0.759. The maximum absolute atomic E-state index is 13.5. The molecule has 4 aliphatic carbocycles. The molecule has 4 bridgehead atoms. The highest BCUT2D eigenvalue weighted by molar-refractivity contribution is 7.89. The van der Waals surface area contributed by atoms with Crippen molar-refractivity contribution < 1.29 is 13.2 Å². The van der Waals surface area contributed by atoms with E-state index in [1.54, 1.807) is 10.4 Å². The highest BCUT2D eigenvalue weighted by Crippen LogP contribution is 2.60. The first-order valence-electron chi connectivity index (χ1n) is 11.1. The average Bonchev–Trinajstić information content (AvgIpc) is 2.66. The highest BCUT2D eigenvalue weighted by Gasteiger charge is 2.55. The Hall–Kier alpha value is -1.40. The number of piperazine rings is 1. The molecule has 6 rings (SSSR count). The lowest BCUT2D eigenvalue weighted by Gasteiger charge is -2.57. The van der Waals surface area contributed by atoms with E-state index in [1.165, 1.54) is 19.3 Å². The second-order valence-electron chi connectivity index (χ2n) is 10.2. The molecule has 5 fully saturated rings. The van der Waals surface area contributed by atoms with Gasteiger partial charge in [-0.3, -0.25) is 4.79 Å². The van der Waals surface area contributed by atoms with Gasteiger partial charge in [0.1, 0.15) is 0 Å². The van der Waals surface area contributed by atoms with Gasteiger partial charge in [0.25, 0.3) is 0 Å². The zero-order valence-electron chi connectivity index (χ0n) is 17.6. The summed E-state index contributed by atoms with van der Waals surface area (Å²) in [5.74, 6) is 2.56. The summed E-state index contributed by atoms with van der Waals surface area (Å²) in [6.45, 7) is 5.65. The molecule has 158 valence electrons. The van der Waals surface area contributed by atoms with Gasteiger partial charge in [-0.2, -0.15) is 4.31 Å². The lowest BCUT2D eigenvalue weighted by atomic mass is 9.49. The molecule has 0 N–H and O–H groups in total. The molecule has 29 heavy (non-hydrogen) atoms. The number of carbonyl (C=O) groups is 1. The summed E-state index contributed by atoms with van der Waals surface area (Å²) in [5.41, 5.74) is 1.72. The molecule has 0 spiro atoms. The fourth-order valence-corrected chi connectivity index (χ4v) is 8.70. The van der Waals surface area contributed by atoms with Gasteiger partial charge in [0.15, 0.2) is 0 Å². The normalized spacial score (nSPS) is 34.6. The Labute approximate surface area is 174 Å². The van der Waals surface area contributed by atoms with Crippen LogP contribution in [0.3, 0.4) is 0 Å². The van der Waals surface area contributed by atoms with E-state index in [0.29, 0.717) is 37.0 Å². The predicted molar refractivity (Wildman–Crippen MR) is 112 cm³/mol. The lowest BCUT2D eigenvalue weighted by molar-refractivity contribution is -0.158. The molecule has 0 unspecified atom stereocenters. The molecule has 4 saturated carbocycles. The van der Waals surface area contributed by atoms with Gasteiger partial charge < -0.3 is 4.90 Å². The van der Waals surface area contributed by atoms with Crippen molar-refractivity contribution in [1.29, 1.82) is 0 Å². The van der Waals surface area contributed by atoms with Crippen molar-refractivity contribution in [3.8, 4) is 0 Å². The molecule has 1 aromatic carbocycles. The van der Waals surface area contributed by atoms with Gasteiger partial charge in [-0.15, -0.1) is 0 Å². The highest BCUT2D eigenvalue weighted by atomic mass is 32.2. The van der Waals surface area contributed by atoms with Crippen LogP contribution in [0.5, 0.6) is 0 Å². The SMILES string of the molecule is Cc1ccc(S(=O)(=O)N2CCN(C(=O)C34CC5CC(CC(C5)C3)C4)CC2)c(C)c1. The molecule has 1 aliphatic heterocycles. The van der Waals surface area contributed by atoms with Gasteiger partial charge in [0, 0.05) is 26.2 Å². The first-order chi connectivity index (χ1) is 13.8. The number of sulfonamides is 1. The fraction of sp³-hybridized carbons (Fsp3) is 0.696. The van der Waals surface area contributed by atoms with E-state index in [2.05, 4.69) is 0 Å². The Morgan fingerprint density at radius 2 is 1.48 bits per heavy atom. The molecule has 1 amide bonds. The van der Waals surface area contributed by atoms with E-state index >= 15 is 0 Å². The Kier molecular flexibility index (Phi) is 4.59. The van der Waals surface area contributed by atoms with Gasteiger partial charge in [0.2, 0.25) is 15.9 Å². The van der Waals surface area contributed by atoms with E-state index in [0.717, 1.165) is 48.1 Å². The van der Waals surface area contributed by atoms with Crippen molar-refractivity contribution in [2.75, 3.05) is 26.2 Å². The number of nitrogens with zero attached hydrogens (tertiary/aromatic N) is 2. The molecular formula is C23H32N2O3S. The van der Waals surface area contributed by atoms with Crippen molar-refractivity contribution in [1.82, 2.24) is 9.21 Å². The van der Waals surface area contributed by atoms with Crippen LogP contribution >= 0.6 is 0 Å². The molecule has 1 aromatic rings. The number of hydrogen-bond donors (Lipinski definition) is 0. The van der Waals surface area contributed by atoms with Gasteiger partial charge in [-0.05, 0) is 81.8 Å². The molecule has 1 heterocycles. The number of hydrogen-bond acceptors (Lipinski definition) is 3. The van der Waals surface area contributed by atoms with Crippen molar-refractivity contribution in [3.63, 3.8) is 0 Å². The van der Waals surface area contributed by atoms with E-state index in [4.69, 9.17) is 0 Å². The number of carbonyl (C=O) groups excluding carboxylic acids is 1. The van der Waals surface area contributed by atoms with E-state index in [-0.39, 0.29) is 5.41 Å². The van der Waals surface area contributed by atoms with Crippen LogP contribution in [0.1, 0.15) is 49.7 Å². The summed E-state index contributed by atoms with van der Waals surface area (Å²) in [6, 6.07) is 5.49. The van der Waals surface area contributed by atoms with Crippen LogP contribution in [0, 0.1) is 37.0 Å². The van der Waals surface area contributed by atoms with Crippen LogP contribution in [-0.4, -0.2) is 49.7 Å². The molecule has 5 aliphatic rings. The van der Waals surface area contributed by atoms with Crippen LogP contribution in [0.4, 0.5) is 0 Å². The number of aryl methyl sites for hydroxylation is 2. The van der Waals surface area contributed by atoms with E-state index in [9.17, 15) is 13.2 Å². The number of rotatable bonds is 3. The van der Waals surface area contributed by atoms with Crippen LogP contribution in [0.25, 0.3) is 0 Å². The molecule has 0 atom stereocenters. The smallest absolute Gasteiger partial charge is 0.243 e. The van der Waals surface area contributed by atoms with Crippen molar-refractivity contribution in [3.05, 3.63) is 29.3 Å². The maximum atomic E-state index is 13.5. The van der Waals surface area contributed by atoms with Gasteiger partial charge in [-0.1, -0.05) is 17.7 Å². The summed E-state index contributed by atoms with van der Waals surface area (Å²) >= 11 is 0. The third-order valence-corrected chi connectivity index (χ3v) is 10.0. The second kappa shape index (κ2) is 6.81. The minimum Gasteiger partial charge on any atom is -0.340 e. The van der Waals surface area contributed by atoms with Gasteiger partial charge in [-0.25, -0.2) is 8.42 Å². The number of benzene rings is 1. The lowest BCUT2D eigenvalue weighted by Crippen LogP contribution is -2.58. The third-order valence-electron chi connectivity index (χ3n) is 7.97. The van der Waals surface area contributed by atoms with Gasteiger partial charge in [0.05, 0.1) is 10.3 Å². The third kappa shape index (κ3) is 3.23. The van der Waals surface area contributed by atoms with Crippen molar-refractivity contribution >= 4 is 15.9 Å². The molecular weight excluding hydrogens is 384 g/mol. The van der Waals surface area contributed by atoms with Crippen LogP contribution < -0.4 is 0 Å². The Morgan fingerprint density at radius 3 is 2.00 bits per heavy atom. The number of amides is 1. The first kappa shape index (κ1) is 19.6. The molecule has 1 saturated heterocycles. The van der Waals surface area contributed by atoms with Crippen molar-refractivity contribution in [2.45, 2.75) is 57.3 Å². The van der Waals surface area contributed by atoms with Crippen LogP contribution in [0.2, 0.25) is 0 Å². The average molecular weight is 417 g/mol. The first-order valence-corrected chi connectivity index (χ1v) is 12.6. The van der Waals surface area contributed by atoms with Crippen LogP contribution in [-0.2, 0) is 14.8 Å². The monoisotopic (exact) mass is 416 g/mol. The fourth-order valence-electron chi connectivity index (χ4n) is 7.07. The molecule has 5 nitrogen and oxygen atoms in total. The Morgan fingerprint density at radius 1 is 0.931 bits per heavy atom. The summed E-state index contributed by atoms with van der Waals surface area (Å²) in [5, 5.41) is 0. The Balaban J connectivity index is 1.29. The van der Waals surface area contributed by atoms with E-state index in [1.807, 2.05) is 30.9 Å². The molecule has 0 aromatic heterocycles. The molecule has 0 radical (unpaired) electrons. The summed E-state index contributed by atoms with van der Waals surface area (Å²) in [4.78, 5) is 15.9. The Bertz CT molecular complexity index is 896. The minimum absolute atomic E-state index is 0.136. The summed E-state index contributed by atoms with van der Waals surface area (Å²) in [7, 11) is -3.51. The standard InChI is InChI=1S/C23H32N2O3S/c1-16-3-4-21(17(2)9-16)29(27,28)25-7-5-24(6-8-25)22(26)23-13-18-10-19(14-23)12-20(11-18)15-23/h3-4,9,18-20H,5-8,10-15H2,1-2H3. The molecule has 6 heteroatoms. The second-order valence-corrected chi connectivity index (χ2v) is 12.1. The summed E-state index contributed by atoms with van der Waals surface area (Å²) < 4.78 is 27.8. The van der Waals surface area contributed by atoms with Crippen molar-refractivity contribution in [2.24, 2.45) is 23.2 Å². The summed E-state index contributed by atoms with van der Waals surface area (Å²) in [6.07, 6.45) is 7.19. The van der Waals surface area contributed by atoms with Gasteiger partial charge >= 0.3 is 0 Å². The zero-order valence-corrected chi connectivity index (χ0v) is 18.4. The maximum Gasteiger partial charge on any atom is 0.243 e. The zero-order chi connectivity index (χ0) is 20.4. The van der Waals surface area contributed by atoms with Crippen LogP contribution in [0.15, 0.2) is 23.1 Å². The topological polar surface area (TPSA) is 57.7 Å². The minimum atomic E-state index is -3.51. The largest absolute Gasteiger partial charge is 0.340 e.